The van der Waals surface area contributed by atoms with Crippen molar-refractivity contribution in [1.29, 1.82) is 0 Å². The first-order valence-electron chi connectivity index (χ1n) is 10.4. The van der Waals surface area contributed by atoms with Crippen LogP contribution in [0.5, 0.6) is 0 Å². The summed E-state index contributed by atoms with van der Waals surface area (Å²) in [7, 11) is 0. The molecule has 164 valence electrons. The maximum Gasteiger partial charge on any atom is 0.249 e. The highest BCUT2D eigenvalue weighted by molar-refractivity contribution is 5.97. The number of hydrogen-bond donors (Lipinski definition) is 3. The molecule has 7 heteroatoms. The summed E-state index contributed by atoms with van der Waals surface area (Å²) >= 11 is 0. The minimum Gasteiger partial charge on any atom is -0.383 e. The lowest BCUT2D eigenvalue weighted by atomic mass is 9.86. The van der Waals surface area contributed by atoms with Crippen molar-refractivity contribution in [2.24, 2.45) is 5.92 Å². The van der Waals surface area contributed by atoms with E-state index >= 15 is 0 Å². The highest BCUT2D eigenvalue weighted by Gasteiger charge is 2.26. The van der Waals surface area contributed by atoms with Gasteiger partial charge in [0.05, 0.1) is 0 Å². The van der Waals surface area contributed by atoms with Crippen LogP contribution in [-0.2, 0) is 15.0 Å². The zero-order valence-electron chi connectivity index (χ0n) is 18.7. The molecular weight excluding hydrogens is 382 g/mol. The second kappa shape index (κ2) is 9.89. The molecule has 3 N–H and O–H groups in total. The molecule has 2 atom stereocenters. The smallest absolute Gasteiger partial charge is 0.249 e. The van der Waals surface area contributed by atoms with E-state index in [0.29, 0.717) is 18.6 Å². The normalized spacial score (nSPS) is 13.7. The third kappa shape index (κ3) is 6.16. The first kappa shape index (κ1) is 23.6. The van der Waals surface area contributed by atoms with Crippen LogP contribution >= 0.6 is 0 Å². The maximum absolute atomic E-state index is 12.6. The monoisotopic (exact) mass is 415 g/mol. The zero-order chi connectivity index (χ0) is 22.5. The summed E-state index contributed by atoms with van der Waals surface area (Å²) in [5, 5.41) is 19.1. The van der Waals surface area contributed by atoms with Crippen LogP contribution in [0.2, 0.25) is 0 Å². The Balaban J connectivity index is 2.07. The van der Waals surface area contributed by atoms with Crippen LogP contribution in [0.25, 0.3) is 11.3 Å². The fourth-order valence-corrected chi connectivity index (χ4v) is 2.94. The molecule has 0 radical (unpaired) electrons. The van der Waals surface area contributed by atoms with Gasteiger partial charge in [-0.25, -0.2) is 0 Å². The summed E-state index contributed by atoms with van der Waals surface area (Å²) in [6, 6.07) is 8.89. The molecule has 2 unspecified atom stereocenters. The molecule has 0 aliphatic carbocycles. The van der Waals surface area contributed by atoms with Gasteiger partial charge in [-0.3, -0.25) is 9.59 Å². The summed E-state index contributed by atoms with van der Waals surface area (Å²) in [5.41, 5.74) is 2.12. The van der Waals surface area contributed by atoms with Crippen molar-refractivity contribution in [3.63, 3.8) is 0 Å². The quantitative estimate of drug-likeness (QED) is 0.607. The van der Waals surface area contributed by atoms with E-state index in [9.17, 15) is 14.7 Å². The van der Waals surface area contributed by atoms with Crippen LogP contribution in [0.1, 0.15) is 59.9 Å². The van der Waals surface area contributed by atoms with E-state index in [1.165, 1.54) is 5.56 Å². The van der Waals surface area contributed by atoms with E-state index < -0.39 is 24.0 Å². The third-order valence-electron chi connectivity index (χ3n) is 4.91. The second-order valence-electron chi connectivity index (χ2n) is 8.93. The highest BCUT2D eigenvalue weighted by Crippen LogP contribution is 2.27. The zero-order valence-corrected chi connectivity index (χ0v) is 18.7. The van der Waals surface area contributed by atoms with Gasteiger partial charge in [-0.1, -0.05) is 77.4 Å². The van der Waals surface area contributed by atoms with Gasteiger partial charge in [-0.2, -0.15) is 0 Å². The molecule has 30 heavy (non-hydrogen) atoms. The van der Waals surface area contributed by atoms with Crippen molar-refractivity contribution in [2.75, 3.05) is 5.32 Å². The number of benzene rings is 1. The van der Waals surface area contributed by atoms with Gasteiger partial charge in [0.25, 0.3) is 0 Å². The van der Waals surface area contributed by atoms with Crippen LogP contribution in [0.4, 0.5) is 5.82 Å². The molecule has 1 heterocycles. The average molecular weight is 416 g/mol. The van der Waals surface area contributed by atoms with Crippen molar-refractivity contribution < 1.29 is 19.2 Å². The lowest BCUT2D eigenvalue weighted by molar-refractivity contribution is -0.134. The minimum absolute atomic E-state index is 0.0565. The van der Waals surface area contributed by atoms with Crippen LogP contribution in [0.3, 0.4) is 0 Å². The van der Waals surface area contributed by atoms with Crippen LogP contribution < -0.4 is 10.6 Å². The van der Waals surface area contributed by atoms with Gasteiger partial charge in [0.1, 0.15) is 12.1 Å². The summed E-state index contributed by atoms with van der Waals surface area (Å²) < 4.78 is 5.38. The number of aromatic nitrogens is 1. The molecule has 0 fully saturated rings. The van der Waals surface area contributed by atoms with Gasteiger partial charge in [0.15, 0.2) is 11.6 Å². The van der Waals surface area contributed by atoms with Gasteiger partial charge in [0, 0.05) is 11.6 Å². The third-order valence-corrected chi connectivity index (χ3v) is 4.91. The molecule has 2 rings (SSSR count). The topological polar surface area (TPSA) is 104 Å². The van der Waals surface area contributed by atoms with E-state index in [0.717, 1.165) is 5.56 Å². The van der Waals surface area contributed by atoms with Crippen molar-refractivity contribution in [3.8, 4) is 11.3 Å². The number of aliphatic hydroxyl groups excluding tert-OH is 1. The van der Waals surface area contributed by atoms with Gasteiger partial charge < -0.3 is 20.3 Å². The first-order chi connectivity index (χ1) is 14.0. The SMILES string of the molecule is CCCC(NC(=O)C(O)C(C)C)C(=O)Nc1cc(-c2ccc(C(C)(C)C)cc2)on1. The van der Waals surface area contributed by atoms with Crippen LogP contribution in [-0.4, -0.2) is 34.2 Å². The standard InChI is InChI=1S/C23H33N3O4/c1-7-8-17(24-22(29)20(27)14(2)3)21(28)25-19-13-18(30-26-19)15-9-11-16(12-10-15)23(4,5)6/h9-14,17,20,27H,7-8H2,1-6H3,(H,24,29)(H,25,26,28). The van der Waals surface area contributed by atoms with E-state index in [2.05, 4.69) is 36.6 Å². The predicted molar refractivity (Wildman–Crippen MR) is 117 cm³/mol. The molecule has 1 aromatic carbocycles. The number of carbonyl (C=O) groups excluding carboxylic acids is 2. The van der Waals surface area contributed by atoms with Crippen LogP contribution in [0.15, 0.2) is 34.9 Å². The van der Waals surface area contributed by atoms with Crippen molar-refractivity contribution in [1.82, 2.24) is 10.5 Å². The minimum atomic E-state index is -1.16. The van der Waals surface area contributed by atoms with Crippen molar-refractivity contribution >= 4 is 17.6 Å². The molecule has 7 nitrogen and oxygen atoms in total. The molecule has 0 saturated heterocycles. The Hall–Kier alpha value is -2.67. The summed E-state index contributed by atoms with van der Waals surface area (Å²) in [6.07, 6.45) is -0.0197. The Bertz CT molecular complexity index is 850. The Morgan fingerprint density at radius 2 is 1.77 bits per heavy atom. The Labute approximate surface area is 178 Å². The number of nitrogens with zero attached hydrogens (tertiary/aromatic N) is 1. The summed E-state index contributed by atoms with van der Waals surface area (Å²) in [4.78, 5) is 24.8. The van der Waals surface area contributed by atoms with E-state index in [-0.39, 0.29) is 17.2 Å². The predicted octanol–water partition coefficient (Wildman–Crippen LogP) is 3.88. The molecule has 1 aromatic heterocycles. The van der Waals surface area contributed by atoms with Crippen LogP contribution in [0, 0.1) is 5.92 Å². The van der Waals surface area contributed by atoms with Gasteiger partial charge in [-0.15, -0.1) is 0 Å². The van der Waals surface area contributed by atoms with E-state index in [1.54, 1.807) is 19.9 Å². The van der Waals surface area contributed by atoms with Gasteiger partial charge >= 0.3 is 0 Å². The lowest BCUT2D eigenvalue weighted by Gasteiger charge is -2.20. The second-order valence-corrected chi connectivity index (χ2v) is 8.93. The summed E-state index contributed by atoms with van der Waals surface area (Å²) in [6.45, 7) is 11.8. The average Bonchev–Trinajstić information content (AvgIpc) is 3.14. The number of rotatable bonds is 8. The molecule has 0 spiro atoms. The molecule has 2 aromatic rings. The number of carbonyl (C=O) groups is 2. The molecule has 0 bridgehead atoms. The molecular formula is C23H33N3O4. The number of amides is 2. The lowest BCUT2D eigenvalue weighted by Crippen LogP contribution is -2.48. The largest absolute Gasteiger partial charge is 0.383 e. The van der Waals surface area contributed by atoms with Crippen molar-refractivity contribution in [2.45, 2.75) is 71.9 Å². The van der Waals surface area contributed by atoms with Gasteiger partial charge in [0.2, 0.25) is 11.8 Å². The first-order valence-corrected chi connectivity index (χ1v) is 10.4. The Morgan fingerprint density at radius 1 is 1.13 bits per heavy atom. The fourth-order valence-electron chi connectivity index (χ4n) is 2.94. The number of nitrogens with one attached hydrogen (secondary N) is 2. The number of anilines is 1. The summed E-state index contributed by atoms with van der Waals surface area (Å²) in [5.74, 6) is -0.382. The molecule has 0 aliphatic rings. The maximum atomic E-state index is 12.6. The molecule has 0 aliphatic heterocycles. The number of hydrogen-bond acceptors (Lipinski definition) is 5. The Kier molecular flexibility index (Phi) is 7.78. The highest BCUT2D eigenvalue weighted by atomic mass is 16.5. The Morgan fingerprint density at radius 3 is 2.30 bits per heavy atom. The number of aliphatic hydroxyl groups is 1. The fraction of sp³-hybridized carbons (Fsp3) is 0.522. The molecule has 2 amide bonds. The van der Waals surface area contributed by atoms with E-state index in [1.807, 2.05) is 31.2 Å². The van der Waals surface area contributed by atoms with Gasteiger partial charge in [-0.05, 0) is 23.3 Å². The van der Waals surface area contributed by atoms with Crippen molar-refractivity contribution in [3.05, 3.63) is 35.9 Å². The van der Waals surface area contributed by atoms with E-state index in [4.69, 9.17) is 4.52 Å². The molecule has 0 saturated carbocycles.